The Hall–Kier alpha value is -0.870. The maximum atomic E-state index is 10.4. The summed E-state index contributed by atoms with van der Waals surface area (Å²) in [7, 11) is 0. The zero-order valence-corrected chi connectivity index (χ0v) is 8.53. The van der Waals surface area contributed by atoms with Crippen molar-refractivity contribution in [3.8, 4) is 0 Å². The second-order valence-corrected chi connectivity index (χ2v) is 3.20. The van der Waals surface area contributed by atoms with E-state index in [-0.39, 0.29) is 18.6 Å². The molecule has 0 aromatic heterocycles. The molecule has 1 atom stereocenters. The van der Waals surface area contributed by atoms with E-state index < -0.39 is 12.1 Å². The molecule has 0 spiro atoms. The first kappa shape index (κ1) is 13.1. The second-order valence-electron chi connectivity index (χ2n) is 3.20. The minimum Gasteiger partial charge on any atom is -0.478 e. The molecule has 0 aliphatic carbocycles. The van der Waals surface area contributed by atoms with Gasteiger partial charge in [-0.2, -0.15) is 0 Å². The molecule has 0 saturated heterocycles. The summed E-state index contributed by atoms with van der Waals surface area (Å²) in [5, 5.41) is 17.8. The minimum atomic E-state index is -1.07. The molecule has 0 amide bonds. The van der Waals surface area contributed by atoms with Crippen molar-refractivity contribution in [2.24, 2.45) is 0 Å². The standard InChI is InChI=1S/C10H18O4/c1-3-4-5-14-7-9(11)6-8(2)10(12)13/h9,11H,2-7H2,1H3,(H,12,13). The fraction of sp³-hybridized carbons (Fsp3) is 0.700. The summed E-state index contributed by atoms with van der Waals surface area (Å²) < 4.78 is 5.13. The number of rotatable bonds is 8. The van der Waals surface area contributed by atoms with Crippen molar-refractivity contribution in [2.75, 3.05) is 13.2 Å². The maximum Gasteiger partial charge on any atom is 0.331 e. The van der Waals surface area contributed by atoms with Crippen molar-refractivity contribution >= 4 is 5.97 Å². The Morgan fingerprint density at radius 3 is 2.71 bits per heavy atom. The zero-order chi connectivity index (χ0) is 11.0. The van der Waals surface area contributed by atoms with Crippen LogP contribution in [0.1, 0.15) is 26.2 Å². The van der Waals surface area contributed by atoms with Crippen LogP contribution in [0.3, 0.4) is 0 Å². The zero-order valence-electron chi connectivity index (χ0n) is 8.53. The van der Waals surface area contributed by atoms with Crippen LogP contribution in [0.2, 0.25) is 0 Å². The topological polar surface area (TPSA) is 66.8 Å². The molecule has 0 fully saturated rings. The number of aliphatic hydroxyl groups excluding tert-OH is 1. The molecule has 0 saturated carbocycles. The molecule has 0 aliphatic rings. The van der Waals surface area contributed by atoms with E-state index in [9.17, 15) is 9.90 Å². The van der Waals surface area contributed by atoms with E-state index in [2.05, 4.69) is 6.58 Å². The Bertz CT molecular complexity index is 189. The summed E-state index contributed by atoms with van der Waals surface area (Å²) in [6.07, 6.45) is 1.28. The number of hydrogen-bond donors (Lipinski definition) is 2. The number of aliphatic carboxylic acids is 1. The van der Waals surface area contributed by atoms with Crippen LogP contribution in [-0.2, 0) is 9.53 Å². The van der Waals surface area contributed by atoms with E-state index in [0.717, 1.165) is 12.8 Å². The van der Waals surface area contributed by atoms with Gasteiger partial charge < -0.3 is 14.9 Å². The summed E-state index contributed by atoms with van der Waals surface area (Å²) in [5.74, 6) is -1.07. The highest BCUT2D eigenvalue weighted by atomic mass is 16.5. The van der Waals surface area contributed by atoms with Gasteiger partial charge >= 0.3 is 5.97 Å². The van der Waals surface area contributed by atoms with Crippen LogP contribution in [0, 0.1) is 0 Å². The van der Waals surface area contributed by atoms with E-state index in [0.29, 0.717) is 6.61 Å². The van der Waals surface area contributed by atoms with Crippen molar-refractivity contribution in [3.63, 3.8) is 0 Å². The van der Waals surface area contributed by atoms with Crippen LogP contribution < -0.4 is 0 Å². The van der Waals surface area contributed by atoms with Crippen LogP contribution >= 0.6 is 0 Å². The van der Waals surface area contributed by atoms with Gasteiger partial charge in [-0.25, -0.2) is 4.79 Å². The van der Waals surface area contributed by atoms with Gasteiger partial charge in [-0.1, -0.05) is 19.9 Å². The lowest BCUT2D eigenvalue weighted by atomic mass is 10.1. The molecule has 0 rings (SSSR count). The van der Waals surface area contributed by atoms with Crippen molar-refractivity contribution < 1.29 is 19.7 Å². The number of hydrogen-bond acceptors (Lipinski definition) is 3. The average molecular weight is 202 g/mol. The third-order valence-corrected chi connectivity index (χ3v) is 1.74. The summed E-state index contributed by atoms with van der Waals surface area (Å²) in [5.41, 5.74) is 0.0107. The Balaban J connectivity index is 3.50. The van der Waals surface area contributed by atoms with Gasteiger partial charge in [0, 0.05) is 18.6 Å². The van der Waals surface area contributed by atoms with Crippen molar-refractivity contribution in [2.45, 2.75) is 32.3 Å². The molecular formula is C10H18O4. The SMILES string of the molecule is C=C(CC(O)COCCCC)C(=O)O. The number of carbonyl (C=O) groups is 1. The first-order valence-corrected chi connectivity index (χ1v) is 4.74. The molecule has 14 heavy (non-hydrogen) atoms. The van der Waals surface area contributed by atoms with Gasteiger partial charge in [0.1, 0.15) is 0 Å². The maximum absolute atomic E-state index is 10.4. The molecule has 82 valence electrons. The van der Waals surface area contributed by atoms with Gasteiger partial charge in [-0.05, 0) is 6.42 Å². The van der Waals surface area contributed by atoms with Crippen molar-refractivity contribution in [3.05, 3.63) is 12.2 Å². The van der Waals surface area contributed by atoms with Gasteiger partial charge in [-0.15, -0.1) is 0 Å². The highest BCUT2D eigenvalue weighted by Gasteiger charge is 2.11. The molecule has 0 radical (unpaired) electrons. The Morgan fingerprint density at radius 1 is 1.57 bits per heavy atom. The van der Waals surface area contributed by atoms with E-state index in [1.807, 2.05) is 6.92 Å². The second kappa shape index (κ2) is 7.53. The van der Waals surface area contributed by atoms with Crippen LogP contribution in [0.5, 0.6) is 0 Å². The van der Waals surface area contributed by atoms with Gasteiger partial charge in [0.15, 0.2) is 0 Å². The van der Waals surface area contributed by atoms with Crippen LogP contribution in [0.4, 0.5) is 0 Å². The van der Waals surface area contributed by atoms with E-state index >= 15 is 0 Å². The molecule has 4 nitrogen and oxygen atoms in total. The first-order valence-electron chi connectivity index (χ1n) is 4.74. The fourth-order valence-corrected chi connectivity index (χ4v) is 0.896. The predicted octanol–water partition coefficient (Wildman–Crippen LogP) is 1.19. The summed E-state index contributed by atoms with van der Waals surface area (Å²) in [6.45, 7) is 6.15. The molecule has 1 unspecified atom stereocenters. The van der Waals surface area contributed by atoms with Crippen molar-refractivity contribution in [1.82, 2.24) is 0 Å². The molecule has 2 N–H and O–H groups in total. The van der Waals surface area contributed by atoms with E-state index in [4.69, 9.17) is 9.84 Å². The quantitative estimate of drug-likeness (QED) is 0.458. The summed E-state index contributed by atoms with van der Waals surface area (Å²) >= 11 is 0. The van der Waals surface area contributed by atoms with Gasteiger partial charge in [0.05, 0.1) is 12.7 Å². The van der Waals surface area contributed by atoms with E-state index in [1.54, 1.807) is 0 Å². The Kier molecular flexibility index (Phi) is 7.06. The molecular weight excluding hydrogens is 184 g/mol. The third-order valence-electron chi connectivity index (χ3n) is 1.74. The number of aliphatic hydroxyl groups is 1. The molecule has 0 aromatic rings. The van der Waals surface area contributed by atoms with Gasteiger partial charge in [0.2, 0.25) is 0 Å². The monoisotopic (exact) mass is 202 g/mol. The predicted molar refractivity (Wildman–Crippen MR) is 53.1 cm³/mol. The molecule has 0 heterocycles. The third kappa shape index (κ3) is 6.62. The number of carboxylic acids is 1. The fourth-order valence-electron chi connectivity index (χ4n) is 0.896. The Labute approximate surface area is 84.2 Å². The molecule has 0 aromatic carbocycles. The lowest BCUT2D eigenvalue weighted by Gasteiger charge is -2.10. The smallest absolute Gasteiger partial charge is 0.331 e. The summed E-state index contributed by atoms with van der Waals surface area (Å²) in [6, 6.07) is 0. The van der Waals surface area contributed by atoms with Gasteiger partial charge in [-0.3, -0.25) is 0 Å². The number of unbranched alkanes of at least 4 members (excludes halogenated alkanes) is 1. The van der Waals surface area contributed by atoms with Crippen LogP contribution in [0.25, 0.3) is 0 Å². The van der Waals surface area contributed by atoms with Crippen LogP contribution in [-0.4, -0.2) is 35.5 Å². The average Bonchev–Trinajstić information content (AvgIpc) is 2.12. The lowest BCUT2D eigenvalue weighted by molar-refractivity contribution is -0.133. The first-order chi connectivity index (χ1) is 6.57. The minimum absolute atomic E-state index is 0.0107. The number of ether oxygens (including phenoxy) is 1. The molecule has 4 heteroatoms. The highest BCUT2D eigenvalue weighted by Crippen LogP contribution is 2.04. The normalized spacial score (nSPS) is 12.4. The lowest BCUT2D eigenvalue weighted by Crippen LogP contribution is -2.18. The van der Waals surface area contributed by atoms with Crippen LogP contribution in [0.15, 0.2) is 12.2 Å². The van der Waals surface area contributed by atoms with Crippen molar-refractivity contribution in [1.29, 1.82) is 0 Å². The molecule has 0 aliphatic heterocycles. The Morgan fingerprint density at radius 2 is 2.21 bits per heavy atom. The highest BCUT2D eigenvalue weighted by molar-refractivity contribution is 5.85. The number of carboxylic acid groups (broad SMARTS) is 1. The van der Waals surface area contributed by atoms with E-state index in [1.165, 1.54) is 0 Å². The molecule has 0 bridgehead atoms. The summed E-state index contributed by atoms with van der Waals surface area (Å²) in [4.78, 5) is 10.4. The largest absolute Gasteiger partial charge is 0.478 e. The van der Waals surface area contributed by atoms with Gasteiger partial charge in [0.25, 0.3) is 0 Å².